The van der Waals surface area contributed by atoms with Crippen LogP contribution < -0.4 is 9.47 Å². The highest BCUT2D eigenvalue weighted by molar-refractivity contribution is 5.91. The van der Waals surface area contributed by atoms with E-state index in [-0.39, 0.29) is 17.4 Å². The summed E-state index contributed by atoms with van der Waals surface area (Å²) in [6.07, 6.45) is 13.0. The van der Waals surface area contributed by atoms with Crippen molar-refractivity contribution in [2.45, 2.75) is 64.2 Å². The standard InChI is InChI=1S/C29H33F3O3/c1-3-4-5-6-18-7-8-20-16-21(10-9-19(20)15-18)23-12-13-24(28(32)27(23)31)29(33)35-26-14-11-22(34-2)17-25(26)30/h3-4,11-14,17-21H,5-10,15-16H2,1-2H3/b4-3+. The first-order valence-electron chi connectivity index (χ1n) is 12.6. The van der Waals surface area contributed by atoms with E-state index in [2.05, 4.69) is 19.1 Å². The van der Waals surface area contributed by atoms with Gasteiger partial charge in [0.15, 0.2) is 23.2 Å². The summed E-state index contributed by atoms with van der Waals surface area (Å²) in [6, 6.07) is 6.42. The highest BCUT2D eigenvalue weighted by atomic mass is 19.2. The number of hydrogen-bond acceptors (Lipinski definition) is 3. The maximum Gasteiger partial charge on any atom is 0.346 e. The number of allylic oxidation sites excluding steroid dienone is 2. The van der Waals surface area contributed by atoms with Crippen molar-refractivity contribution >= 4 is 5.97 Å². The van der Waals surface area contributed by atoms with Crippen LogP contribution >= 0.6 is 0 Å². The normalized spacial score (nSPS) is 24.3. The summed E-state index contributed by atoms with van der Waals surface area (Å²) in [5.41, 5.74) is -0.222. The minimum atomic E-state index is -1.24. The van der Waals surface area contributed by atoms with Crippen LogP contribution in [0.4, 0.5) is 13.2 Å². The zero-order chi connectivity index (χ0) is 24.9. The third-order valence-corrected chi connectivity index (χ3v) is 7.81. The molecule has 0 amide bonds. The summed E-state index contributed by atoms with van der Waals surface area (Å²) in [4.78, 5) is 12.5. The fraction of sp³-hybridized carbons (Fsp3) is 0.483. The second-order valence-electron chi connectivity index (χ2n) is 9.87. The van der Waals surface area contributed by atoms with Crippen LogP contribution in [0, 0.1) is 35.2 Å². The quantitative estimate of drug-likeness (QED) is 0.226. The van der Waals surface area contributed by atoms with Gasteiger partial charge >= 0.3 is 5.97 Å². The van der Waals surface area contributed by atoms with E-state index < -0.39 is 29.0 Å². The maximum absolute atomic E-state index is 15.1. The largest absolute Gasteiger partial charge is 0.497 e. The monoisotopic (exact) mass is 486 g/mol. The number of fused-ring (bicyclic) bond motifs is 1. The van der Waals surface area contributed by atoms with E-state index in [0.29, 0.717) is 17.4 Å². The number of esters is 1. The number of ether oxygens (including phenoxy) is 2. The lowest BCUT2D eigenvalue weighted by Crippen LogP contribution is -2.30. The van der Waals surface area contributed by atoms with E-state index in [0.717, 1.165) is 44.1 Å². The Balaban J connectivity index is 1.42. The van der Waals surface area contributed by atoms with Gasteiger partial charge in [-0.25, -0.2) is 18.0 Å². The zero-order valence-corrected chi connectivity index (χ0v) is 20.4. The maximum atomic E-state index is 15.1. The van der Waals surface area contributed by atoms with Gasteiger partial charge in [-0.3, -0.25) is 0 Å². The van der Waals surface area contributed by atoms with Gasteiger partial charge in [0.05, 0.1) is 12.7 Å². The SMILES string of the molecule is C/C=C/CCC1CCC2CC(c3ccc(C(=O)Oc4ccc(OC)cc4F)c(F)c3F)CCC2C1. The third kappa shape index (κ3) is 5.74. The number of halogens is 3. The molecule has 0 radical (unpaired) electrons. The van der Waals surface area contributed by atoms with Gasteiger partial charge in [-0.1, -0.05) is 24.6 Å². The summed E-state index contributed by atoms with van der Waals surface area (Å²) >= 11 is 0. The van der Waals surface area contributed by atoms with Crippen LogP contribution in [0.1, 0.15) is 80.1 Å². The second kappa shape index (κ2) is 11.3. The van der Waals surface area contributed by atoms with E-state index in [1.165, 1.54) is 50.6 Å². The molecule has 2 aromatic carbocycles. The smallest absolute Gasteiger partial charge is 0.346 e. The topological polar surface area (TPSA) is 35.5 Å². The minimum Gasteiger partial charge on any atom is -0.497 e. The second-order valence-corrected chi connectivity index (χ2v) is 9.87. The Morgan fingerprint density at radius 1 is 1.00 bits per heavy atom. The van der Waals surface area contributed by atoms with Gasteiger partial charge in [-0.2, -0.15) is 0 Å². The summed E-state index contributed by atoms with van der Waals surface area (Å²) in [5.74, 6) is -2.43. The number of rotatable bonds is 7. The van der Waals surface area contributed by atoms with Gasteiger partial charge in [0, 0.05) is 6.07 Å². The summed E-state index contributed by atoms with van der Waals surface area (Å²) in [5, 5.41) is 0. The molecule has 0 N–H and O–H groups in total. The summed E-state index contributed by atoms with van der Waals surface area (Å²) in [7, 11) is 1.38. The van der Waals surface area contributed by atoms with Crippen molar-refractivity contribution in [3.8, 4) is 11.5 Å². The van der Waals surface area contributed by atoms with Crippen molar-refractivity contribution in [2.24, 2.45) is 17.8 Å². The molecule has 4 unspecified atom stereocenters. The molecular weight excluding hydrogens is 453 g/mol. The molecule has 2 fully saturated rings. The third-order valence-electron chi connectivity index (χ3n) is 7.81. The van der Waals surface area contributed by atoms with E-state index >= 15 is 4.39 Å². The molecule has 2 saturated carbocycles. The Morgan fingerprint density at radius 2 is 1.77 bits per heavy atom. The molecule has 4 atom stereocenters. The van der Waals surface area contributed by atoms with Gasteiger partial charge in [0.1, 0.15) is 5.75 Å². The molecule has 0 aliphatic heterocycles. The molecule has 0 spiro atoms. The lowest BCUT2D eigenvalue weighted by molar-refractivity contribution is 0.0721. The van der Waals surface area contributed by atoms with Crippen LogP contribution in [0.25, 0.3) is 0 Å². The van der Waals surface area contributed by atoms with E-state index in [1.807, 2.05) is 0 Å². The van der Waals surface area contributed by atoms with Gasteiger partial charge in [0.2, 0.25) is 0 Å². The van der Waals surface area contributed by atoms with Gasteiger partial charge < -0.3 is 9.47 Å². The molecule has 6 heteroatoms. The van der Waals surface area contributed by atoms with Crippen LogP contribution in [0.3, 0.4) is 0 Å². The van der Waals surface area contributed by atoms with Crippen molar-refractivity contribution in [2.75, 3.05) is 7.11 Å². The predicted octanol–water partition coefficient (Wildman–Crippen LogP) is 7.99. The van der Waals surface area contributed by atoms with Crippen LogP contribution in [-0.2, 0) is 0 Å². The average Bonchev–Trinajstić information content (AvgIpc) is 2.86. The van der Waals surface area contributed by atoms with Crippen molar-refractivity contribution in [1.82, 2.24) is 0 Å². The lowest BCUT2D eigenvalue weighted by Gasteiger charge is -2.42. The van der Waals surface area contributed by atoms with Gasteiger partial charge in [-0.15, -0.1) is 0 Å². The molecule has 2 aromatic rings. The Morgan fingerprint density at radius 3 is 2.51 bits per heavy atom. The van der Waals surface area contributed by atoms with Crippen molar-refractivity contribution in [1.29, 1.82) is 0 Å². The average molecular weight is 487 g/mol. The van der Waals surface area contributed by atoms with E-state index in [1.54, 1.807) is 0 Å². The first-order chi connectivity index (χ1) is 16.9. The van der Waals surface area contributed by atoms with Crippen molar-refractivity contribution in [3.63, 3.8) is 0 Å². The molecule has 0 saturated heterocycles. The minimum absolute atomic E-state index is 0.0607. The van der Waals surface area contributed by atoms with Gasteiger partial charge in [-0.05, 0) is 99.3 Å². The molecule has 2 aliphatic carbocycles. The zero-order valence-electron chi connectivity index (χ0n) is 20.4. The number of methoxy groups -OCH3 is 1. The molecule has 0 heterocycles. The molecule has 0 bridgehead atoms. The Kier molecular flexibility index (Phi) is 8.19. The van der Waals surface area contributed by atoms with Crippen molar-refractivity contribution < 1.29 is 27.4 Å². The Labute approximate surface area is 205 Å². The highest BCUT2D eigenvalue weighted by Gasteiger charge is 2.37. The number of carbonyl (C=O) groups is 1. The lowest BCUT2D eigenvalue weighted by atomic mass is 9.63. The van der Waals surface area contributed by atoms with Gasteiger partial charge in [0.25, 0.3) is 0 Å². The van der Waals surface area contributed by atoms with Crippen LogP contribution in [0.2, 0.25) is 0 Å². The van der Waals surface area contributed by atoms with Crippen molar-refractivity contribution in [3.05, 3.63) is 71.1 Å². The fourth-order valence-corrected chi connectivity index (χ4v) is 5.91. The summed E-state index contributed by atoms with van der Waals surface area (Å²) < 4.78 is 54.0. The molecule has 4 rings (SSSR count). The van der Waals surface area contributed by atoms with Crippen LogP contribution in [0.5, 0.6) is 11.5 Å². The Hall–Kier alpha value is -2.76. The first kappa shape index (κ1) is 25.3. The van der Waals surface area contributed by atoms with E-state index in [4.69, 9.17) is 9.47 Å². The summed E-state index contributed by atoms with van der Waals surface area (Å²) in [6.45, 7) is 2.05. The fourth-order valence-electron chi connectivity index (χ4n) is 5.91. The first-order valence-corrected chi connectivity index (χ1v) is 12.6. The molecule has 188 valence electrons. The number of carbonyl (C=O) groups excluding carboxylic acids is 1. The number of hydrogen-bond donors (Lipinski definition) is 0. The molecular formula is C29H33F3O3. The highest BCUT2D eigenvalue weighted by Crippen LogP contribution is 2.49. The van der Waals surface area contributed by atoms with E-state index in [9.17, 15) is 13.6 Å². The molecule has 0 aromatic heterocycles. The van der Waals surface area contributed by atoms with Crippen LogP contribution in [-0.4, -0.2) is 13.1 Å². The molecule has 3 nitrogen and oxygen atoms in total. The Bertz CT molecular complexity index is 1080. The number of benzene rings is 2. The predicted molar refractivity (Wildman–Crippen MR) is 129 cm³/mol. The molecule has 2 aliphatic rings. The molecule has 35 heavy (non-hydrogen) atoms. The van der Waals surface area contributed by atoms with Crippen LogP contribution in [0.15, 0.2) is 42.5 Å².